The average molecular weight is 295 g/mol. The third kappa shape index (κ3) is 3.03. The van der Waals surface area contributed by atoms with Gasteiger partial charge in [-0.2, -0.15) is 0 Å². The summed E-state index contributed by atoms with van der Waals surface area (Å²) in [6, 6.07) is 7.77. The molecule has 110 valence electrons. The van der Waals surface area contributed by atoms with Crippen LogP contribution in [0, 0.1) is 0 Å². The van der Waals surface area contributed by atoms with Crippen LogP contribution < -0.4 is 4.72 Å². The number of para-hydroxylation sites is 1. The number of sulfonamides is 1. The first-order chi connectivity index (χ1) is 9.45. The Bertz CT molecular complexity index is 677. The maximum Gasteiger partial charge on any atom is 0.218 e. The Morgan fingerprint density at radius 2 is 2.00 bits per heavy atom. The summed E-state index contributed by atoms with van der Waals surface area (Å²) in [6.45, 7) is 0.713. The van der Waals surface area contributed by atoms with Crippen LogP contribution in [0.3, 0.4) is 0 Å². The molecule has 2 rings (SSSR count). The number of rotatable bonds is 6. The summed E-state index contributed by atoms with van der Waals surface area (Å²) >= 11 is 0. The standard InChI is InChI=1S/C14H21N3O2S/c1-15-20(18,19)14(8-9-17(2)3)12-10-16-13-7-5-4-6-11(12)13/h4-7,10,14-16H,8-9H2,1-3H3. The average Bonchev–Trinajstić information content (AvgIpc) is 2.82. The number of nitrogens with zero attached hydrogens (tertiary/aromatic N) is 1. The minimum Gasteiger partial charge on any atom is -0.361 e. The zero-order valence-electron chi connectivity index (χ0n) is 12.1. The molecule has 0 aliphatic carbocycles. The Hall–Kier alpha value is -1.37. The zero-order chi connectivity index (χ0) is 14.8. The lowest BCUT2D eigenvalue weighted by Crippen LogP contribution is -2.28. The molecule has 0 saturated heterocycles. The van der Waals surface area contributed by atoms with E-state index < -0.39 is 15.3 Å². The molecule has 0 aliphatic rings. The quantitative estimate of drug-likeness (QED) is 0.852. The number of nitrogens with one attached hydrogen (secondary N) is 2. The van der Waals surface area contributed by atoms with Crippen molar-refractivity contribution in [2.45, 2.75) is 11.7 Å². The third-order valence-corrected chi connectivity index (χ3v) is 5.27. The Morgan fingerprint density at radius 1 is 1.30 bits per heavy atom. The Balaban J connectivity index is 2.45. The minimum absolute atomic E-state index is 0.550. The summed E-state index contributed by atoms with van der Waals surface area (Å²) in [5, 5.41) is 0.418. The van der Waals surface area contributed by atoms with Gasteiger partial charge in [-0.1, -0.05) is 18.2 Å². The lowest BCUT2D eigenvalue weighted by Gasteiger charge is -2.19. The fourth-order valence-corrected chi connectivity index (χ4v) is 3.59. The summed E-state index contributed by atoms with van der Waals surface area (Å²) < 4.78 is 27.1. The molecular formula is C14H21N3O2S. The highest BCUT2D eigenvalue weighted by molar-refractivity contribution is 7.89. The van der Waals surface area contributed by atoms with Crippen molar-refractivity contribution in [2.75, 3.05) is 27.7 Å². The van der Waals surface area contributed by atoms with E-state index in [1.165, 1.54) is 7.05 Å². The van der Waals surface area contributed by atoms with Gasteiger partial charge in [0, 0.05) is 17.1 Å². The minimum atomic E-state index is -3.37. The second kappa shape index (κ2) is 5.95. The van der Waals surface area contributed by atoms with Gasteiger partial charge in [-0.15, -0.1) is 0 Å². The summed E-state index contributed by atoms with van der Waals surface area (Å²) in [7, 11) is 1.98. The van der Waals surface area contributed by atoms with Gasteiger partial charge in [0.2, 0.25) is 10.0 Å². The molecule has 1 atom stereocenters. The highest BCUT2D eigenvalue weighted by atomic mass is 32.2. The highest BCUT2D eigenvalue weighted by Gasteiger charge is 2.28. The van der Waals surface area contributed by atoms with Crippen molar-refractivity contribution in [3.63, 3.8) is 0 Å². The number of aromatic nitrogens is 1. The van der Waals surface area contributed by atoms with Crippen LogP contribution in [0.1, 0.15) is 17.2 Å². The van der Waals surface area contributed by atoms with Gasteiger partial charge in [0.05, 0.1) is 0 Å². The fourth-order valence-electron chi connectivity index (χ4n) is 2.36. The van der Waals surface area contributed by atoms with Gasteiger partial charge in [-0.25, -0.2) is 13.1 Å². The van der Waals surface area contributed by atoms with Crippen molar-refractivity contribution in [3.05, 3.63) is 36.0 Å². The molecule has 20 heavy (non-hydrogen) atoms. The summed E-state index contributed by atoms with van der Waals surface area (Å²) in [4.78, 5) is 5.14. The maximum absolute atomic E-state index is 12.3. The van der Waals surface area contributed by atoms with E-state index in [2.05, 4.69) is 9.71 Å². The van der Waals surface area contributed by atoms with E-state index in [1.807, 2.05) is 43.3 Å². The second-order valence-electron chi connectivity index (χ2n) is 5.12. The van der Waals surface area contributed by atoms with E-state index in [1.54, 1.807) is 6.20 Å². The highest BCUT2D eigenvalue weighted by Crippen LogP contribution is 2.31. The predicted molar refractivity (Wildman–Crippen MR) is 82.2 cm³/mol. The van der Waals surface area contributed by atoms with E-state index >= 15 is 0 Å². The van der Waals surface area contributed by atoms with Crippen LogP contribution >= 0.6 is 0 Å². The van der Waals surface area contributed by atoms with Crippen molar-refractivity contribution in [2.24, 2.45) is 0 Å². The van der Waals surface area contributed by atoms with E-state index in [0.29, 0.717) is 13.0 Å². The smallest absolute Gasteiger partial charge is 0.218 e. The van der Waals surface area contributed by atoms with Gasteiger partial charge in [0.15, 0.2) is 0 Å². The van der Waals surface area contributed by atoms with Crippen molar-refractivity contribution in [3.8, 4) is 0 Å². The van der Waals surface area contributed by atoms with Gasteiger partial charge >= 0.3 is 0 Å². The molecule has 0 aliphatic heterocycles. The van der Waals surface area contributed by atoms with Crippen LogP contribution in [-0.2, 0) is 10.0 Å². The predicted octanol–water partition coefficient (Wildman–Crippen LogP) is 1.71. The van der Waals surface area contributed by atoms with Crippen LogP contribution in [0.2, 0.25) is 0 Å². The van der Waals surface area contributed by atoms with E-state index in [0.717, 1.165) is 16.5 Å². The SMILES string of the molecule is CNS(=O)(=O)C(CCN(C)C)c1c[nH]c2ccccc12. The first-order valence-electron chi connectivity index (χ1n) is 6.59. The van der Waals surface area contributed by atoms with Crippen LogP contribution in [0.4, 0.5) is 0 Å². The number of benzene rings is 1. The van der Waals surface area contributed by atoms with Crippen LogP contribution in [0.15, 0.2) is 30.5 Å². The molecule has 0 bridgehead atoms. The normalized spacial score (nSPS) is 14.0. The van der Waals surface area contributed by atoms with E-state index in [-0.39, 0.29) is 0 Å². The lowest BCUT2D eigenvalue weighted by molar-refractivity contribution is 0.395. The largest absolute Gasteiger partial charge is 0.361 e. The van der Waals surface area contributed by atoms with Crippen molar-refractivity contribution in [1.82, 2.24) is 14.6 Å². The molecule has 0 amide bonds. The van der Waals surface area contributed by atoms with Crippen LogP contribution in [0.5, 0.6) is 0 Å². The van der Waals surface area contributed by atoms with Gasteiger partial charge in [0.25, 0.3) is 0 Å². The first-order valence-corrected chi connectivity index (χ1v) is 8.13. The molecule has 2 aromatic rings. The lowest BCUT2D eigenvalue weighted by atomic mass is 10.1. The van der Waals surface area contributed by atoms with Crippen LogP contribution in [-0.4, -0.2) is 46.0 Å². The number of aromatic amines is 1. The molecule has 0 spiro atoms. The molecule has 0 fully saturated rings. The Morgan fingerprint density at radius 3 is 2.65 bits per heavy atom. The van der Waals surface area contributed by atoms with E-state index in [4.69, 9.17) is 0 Å². The third-order valence-electron chi connectivity index (χ3n) is 3.47. The molecule has 5 nitrogen and oxygen atoms in total. The molecule has 1 aromatic heterocycles. The van der Waals surface area contributed by atoms with Gasteiger partial charge < -0.3 is 9.88 Å². The number of hydrogen-bond donors (Lipinski definition) is 2. The molecule has 1 heterocycles. The number of fused-ring (bicyclic) bond motifs is 1. The van der Waals surface area contributed by atoms with Gasteiger partial charge in [0.1, 0.15) is 5.25 Å². The molecule has 2 N–H and O–H groups in total. The Kier molecular flexibility index (Phi) is 4.47. The molecule has 1 aromatic carbocycles. The zero-order valence-corrected chi connectivity index (χ0v) is 12.9. The van der Waals surface area contributed by atoms with Gasteiger partial charge in [-0.3, -0.25) is 0 Å². The van der Waals surface area contributed by atoms with Crippen molar-refractivity contribution >= 4 is 20.9 Å². The first kappa shape index (κ1) is 15.0. The summed E-state index contributed by atoms with van der Waals surface area (Å²) in [5.74, 6) is 0. The number of hydrogen-bond acceptors (Lipinski definition) is 3. The second-order valence-corrected chi connectivity index (χ2v) is 7.19. The molecule has 0 radical (unpaired) electrons. The molecule has 1 unspecified atom stereocenters. The van der Waals surface area contributed by atoms with Crippen molar-refractivity contribution in [1.29, 1.82) is 0 Å². The topological polar surface area (TPSA) is 65.2 Å². The Labute approximate surface area is 120 Å². The van der Waals surface area contributed by atoms with Crippen LogP contribution in [0.25, 0.3) is 10.9 Å². The van der Waals surface area contributed by atoms with Crippen molar-refractivity contribution < 1.29 is 8.42 Å². The van der Waals surface area contributed by atoms with Gasteiger partial charge in [-0.05, 0) is 45.7 Å². The fraction of sp³-hybridized carbons (Fsp3) is 0.429. The monoisotopic (exact) mass is 295 g/mol. The maximum atomic E-state index is 12.3. The summed E-state index contributed by atoms with van der Waals surface area (Å²) in [5.41, 5.74) is 1.79. The molecular weight excluding hydrogens is 274 g/mol. The number of H-pyrrole nitrogens is 1. The molecule has 6 heteroatoms. The van der Waals surface area contributed by atoms with E-state index in [9.17, 15) is 8.42 Å². The molecule has 0 saturated carbocycles. The summed E-state index contributed by atoms with van der Waals surface area (Å²) in [6.07, 6.45) is 2.36.